The summed E-state index contributed by atoms with van der Waals surface area (Å²) in [6, 6.07) is 7.25. The molecule has 11 heteroatoms. The van der Waals surface area contributed by atoms with E-state index in [4.69, 9.17) is 14.2 Å². The van der Waals surface area contributed by atoms with Crippen molar-refractivity contribution in [2.45, 2.75) is 26.7 Å². The van der Waals surface area contributed by atoms with Crippen LogP contribution in [0, 0.1) is 19.7 Å². The SMILES string of the molecule is COc1cc2nccc(Oc3ccc(NC(=O)c4c(C)n(C)c(C)c(N5CCCC5)c4=O)cc3F)c2nc1OC. The number of anilines is 2. The Kier molecular flexibility index (Phi) is 7.29. The minimum absolute atomic E-state index is 0.0365. The molecule has 10 nitrogen and oxygen atoms in total. The number of nitrogens with zero attached hydrogens (tertiary/aromatic N) is 4. The minimum Gasteiger partial charge on any atom is -0.491 e. The molecule has 1 amide bonds. The first-order chi connectivity index (χ1) is 19.2. The first kappa shape index (κ1) is 26.9. The van der Waals surface area contributed by atoms with Crippen LogP contribution in [-0.2, 0) is 7.05 Å². The summed E-state index contributed by atoms with van der Waals surface area (Å²) in [4.78, 5) is 37.5. The van der Waals surface area contributed by atoms with E-state index in [0.717, 1.165) is 37.7 Å². The van der Waals surface area contributed by atoms with Crippen LogP contribution in [0.4, 0.5) is 15.8 Å². The number of fused-ring (bicyclic) bond motifs is 1. The van der Waals surface area contributed by atoms with E-state index in [0.29, 0.717) is 28.2 Å². The molecule has 40 heavy (non-hydrogen) atoms. The predicted octanol–water partition coefficient (Wildman–Crippen LogP) is 4.75. The van der Waals surface area contributed by atoms with Crippen LogP contribution < -0.4 is 29.9 Å². The molecular weight excluding hydrogens is 517 g/mol. The zero-order valence-corrected chi connectivity index (χ0v) is 23.0. The molecule has 4 aromatic rings. The fourth-order valence-electron chi connectivity index (χ4n) is 4.97. The van der Waals surface area contributed by atoms with Crippen molar-refractivity contribution in [3.63, 3.8) is 0 Å². The molecule has 4 heterocycles. The lowest BCUT2D eigenvalue weighted by Crippen LogP contribution is -2.33. The number of aromatic nitrogens is 3. The lowest BCUT2D eigenvalue weighted by Gasteiger charge is -2.24. The summed E-state index contributed by atoms with van der Waals surface area (Å²) in [6.07, 6.45) is 3.51. The molecule has 1 aliphatic heterocycles. The van der Waals surface area contributed by atoms with E-state index in [1.165, 1.54) is 32.5 Å². The fourth-order valence-corrected chi connectivity index (χ4v) is 4.97. The smallest absolute Gasteiger partial charge is 0.261 e. The van der Waals surface area contributed by atoms with Crippen LogP contribution in [0.2, 0.25) is 0 Å². The van der Waals surface area contributed by atoms with Crippen molar-refractivity contribution in [3.8, 4) is 23.1 Å². The average Bonchev–Trinajstić information content (AvgIpc) is 3.47. The highest BCUT2D eigenvalue weighted by Crippen LogP contribution is 2.35. The maximum absolute atomic E-state index is 15.2. The third-order valence-corrected chi connectivity index (χ3v) is 7.23. The molecule has 1 N–H and O–H groups in total. The highest BCUT2D eigenvalue weighted by molar-refractivity contribution is 6.05. The van der Waals surface area contributed by atoms with E-state index in [1.54, 1.807) is 19.1 Å². The fraction of sp³-hybridized carbons (Fsp3) is 0.310. The molecule has 0 bridgehead atoms. The quantitative estimate of drug-likeness (QED) is 0.353. The number of ether oxygens (including phenoxy) is 3. The molecule has 0 radical (unpaired) electrons. The van der Waals surface area contributed by atoms with Gasteiger partial charge < -0.3 is 29.0 Å². The Morgan fingerprint density at radius 1 is 1.00 bits per heavy atom. The second-order valence-electron chi connectivity index (χ2n) is 9.55. The van der Waals surface area contributed by atoms with Gasteiger partial charge in [-0.15, -0.1) is 0 Å². The van der Waals surface area contributed by atoms with Gasteiger partial charge in [-0.1, -0.05) is 0 Å². The summed E-state index contributed by atoms with van der Waals surface area (Å²) >= 11 is 0. The highest BCUT2D eigenvalue weighted by Gasteiger charge is 2.26. The number of hydrogen-bond donors (Lipinski definition) is 1. The van der Waals surface area contributed by atoms with E-state index >= 15 is 4.39 Å². The Morgan fingerprint density at radius 3 is 2.42 bits per heavy atom. The summed E-state index contributed by atoms with van der Waals surface area (Å²) in [7, 11) is 4.78. The van der Waals surface area contributed by atoms with Crippen LogP contribution in [0.1, 0.15) is 34.6 Å². The topological polar surface area (TPSA) is 108 Å². The number of pyridine rings is 3. The van der Waals surface area contributed by atoms with Crippen molar-refractivity contribution in [2.24, 2.45) is 7.05 Å². The van der Waals surface area contributed by atoms with Crippen molar-refractivity contribution in [2.75, 3.05) is 37.5 Å². The van der Waals surface area contributed by atoms with Crippen LogP contribution >= 0.6 is 0 Å². The number of rotatable bonds is 7. The van der Waals surface area contributed by atoms with Crippen molar-refractivity contribution in [3.05, 3.63) is 69.5 Å². The first-order valence-corrected chi connectivity index (χ1v) is 12.8. The van der Waals surface area contributed by atoms with Crippen molar-refractivity contribution in [1.29, 1.82) is 0 Å². The molecule has 0 spiro atoms. The molecular formula is C29H30FN5O5. The van der Waals surface area contributed by atoms with E-state index in [1.807, 2.05) is 23.4 Å². The summed E-state index contributed by atoms with van der Waals surface area (Å²) in [5.41, 5.74) is 2.61. The summed E-state index contributed by atoms with van der Waals surface area (Å²) in [5.74, 6) is -0.504. The van der Waals surface area contributed by atoms with E-state index in [2.05, 4.69) is 15.3 Å². The molecule has 0 unspecified atom stereocenters. The normalized spacial score (nSPS) is 13.0. The van der Waals surface area contributed by atoms with Gasteiger partial charge in [0.15, 0.2) is 23.1 Å². The lowest BCUT2D eigenvalue weighted by molar-refractivity contribution is 0.102. The van der Waals surface area contributed by atoms with Gasteiger partial charge in [0.25, 0.3) is 11.8 Å². The van der Waals surface area contributed by atoms with Crippen LogP contribution in [0.5, 0.6) is 23.1 Å². The number of carbonyl (C=O) groups excluding carboxylic acids is 1. The Bertz CT molecular complexity index is 1680. The second kappa shape index (κ2) is 10.8. The minimum atomic E-state index is -0.713. The third-order valence-electron chi connectivity index (χ3n) is 7.23. The van der Waals surface area contributed by atoms with Crippen molar-refractivity contribution in [1.82, 2.24) is 14.5 Å². The van der Waals surface area contributed by atoms with Gasteiger partial charge in [-0.2, -0.15) is 0 Å². The molecule has 3 aromatic heterocycles. The summed E-state index contributed by atoms with van der Waals surface area (Å²) < 4.78 is 33.4. The summed E-state index contributed by atoms with van der Waals surface area (Å²) in [6.45, 7) is 5.16. The van der Waals surface area contributed by atoms with Gasteiger partial charge in [-0.3, -0.25) is 14.6 Å². The van der Waals surface area contributed by atoms with Gasteiger partial charge in [-0.25, -0.2) is 9.37 Å². The Hall–Kier alpha value is -4.67. The Labute approximate surface area is 230 Å². The average molecular weight is 548 g/mol. The number of carbonyl (C=O) groups is 1. The monoisotopic (exact) mass is 547 g/mol. The number of methoxy groups -OCH3 is 2. The molecule has 0 aliphatic carbocycles. The van der Waals surface area contributed by atoms with Crippen LogP contribution in [-0.4, -0.2) is 47.8 Å². The van der Waals surface area contributed by atoms with Gasteiger partial charge in [0.05, 0.1) is 19.7 Å². The second-order valence-corrected chi connectivity index (χ2v) is 9.55. The highest BCUT2D eigenvalue weighted by atomic mass is 19.1. The molecule has 208 valence electrons. The molecule has 1 saturated heterocycles. The molecule has 1 fully saturated rings. The molecule has 1 aliphatic rings. The molecule has 0 atom stereocenters. The Morgan fingerprint density at radius 2 is 1.75 bits per heavy atom. The third kappa shape index (κ3) is 4.78. The maximum Gasteiger partial charge on any atom is 0.261 e. The van der Waals surface area contributed by atoms with Gasteiger partial charge in [0.2, 0.25) is 5.43 Å². The maximum atomic E-state index is 15.2. The van der Waals surface area contributed by atoms with Crippen LogP contribution in [0.3, 0.4) is 0 Å². The van der Waals surface area contributed by atoms with Gasteiger partial charge in [-0.05, 0) is 38.8 Å². The van der Waals surface area contributed by atoms with Crippen LogP contribution in [0.15, 0.2) is 41.3 Å². The molecule has 1 aromatic carbocycles. The zero-order chi connectivity index (χ0) is 28.6. The lowest BCUT2D eigenvalue weighted by atomic mass is 10.1. The van der Waals surface area contributed by atoms with Crippen molar-refractivity contribution < 1.29 is 23.4 Å². The number of halogens is 1. The first-order valence-electron chi connectivity index (χ1n) is 12.8. The van der Waals surface area contributed by atoms with Gasteiger partial charge in [0.1, 0.15) is 16.8 Å². The summed E-state index contributed by atoms with van der Waals surface area (Å²) in [5, 5.41) is 2.67. The standard InChI is InChI=1S/C29H30FN5O5/c1-16-24(27(36)26(17(2)34(16)3)35-12-6-7-13-35)28(37)32-18-8-9-21(19(30)14-18)40-22-10-11-31-20-15-23(38-4)29(39-5)33-25(20)22/h8-11,14-15H,6-7,12-13H2,1-5H3,(H,32,37). The van der Waals surface area contributed by atoms with E-state index < -0.39 is 11.7 Å². The molecule has 5 rings (SSSR count). The number of nitrogens with one attached hydrogen (secondary N) is 1. The van der Waals surface area contributed by atoms with Crippen LogP contribution in [0.25, 0.3) is 11.0 Å². The van der Waals surface area contributed by atoms with E-state index in [9.17, 15) is 9.59 Å². The van der Waals surface area contributed by atoms with Gasteiger partial charge in [0, 0.05) is 61.6 Å². The van der Waals surface area contributed by atoms with E-state index in [-0.39, 0.29) is 34.1 Å². The number of hydrogen-bond acceptors (Lipinski definition) is 8. The van der Waals surface area contributed by atoms with Gasteiger partial charge >= 0.3 is 0 Å². The number of amides is 1. The molecule has 0 saturated carbocycles. The predicted molar refractivity (Wildman–Crippen MR) is 150 cm³/mol. The Balaban J connectivity index is 1.42. The largest absolute Gasteiger partial charge is 0.491 e. The van der Waals surface area contributed by atoms with Crippen molar-refractivity contribution >= 4 is 28.3 Å². The number of benzene rings is 1. The zero-order valence-electron chi connectivity index (χ0n) is 23.0.